The van der Waals surface area contributed by atoms with Crippen molar-refractivity contribution in [1.29, 1.82) is 0 Å². The zero-order valence-corrected chi connectivity index (χ0v) is 11.4. The lowest BCUT2D eigenvalue weighted by Gasteiger charge is -2.16. The number of nitrogen functional groups attached to an aromatic ring is 1. The second-order valence-electron chi connectivity index (χ2n) is 4.17. The number of aryl methyl sites for hydroxylation is 1. The van der Waals surface area contributed by atoms with Gasteiger partial charge in [0.15, 0.2) is 0 Å². The average Bonchev–Trinajstić information content (AvgIpc) is 2.35. The first-order chi connectivity index (χ1) is 8.65. The largest absolute Gasteiger partial charge is 0.384 e. The fraction of sp³-hybridized carbons (Fsp3) is 0.667. The van der Waals surface area contributed by atoms with E-state index in [2.05, 4.69) is 27.2 Å². The Morgan fingerprint density at radius 3 is 2.83 bits per heavy atom. The molecule has 102 valence electrons. The molecule has 0 spiro atoms. The molecule has 0 fully saturated rings. The van der Waals surface area contributed by atoms with Gasteiger partial charge >= 0.3 is 0 Å². The van der Waals surface area contributed by atoms with Crippen LogP contribution in [0.4, 0.5) is 11.6 Å². The molecular weight excluding hydrogens is 230 g/mol. The van der Waals surface area contributed by atoms with Crippen LogP contribution < -0.4 is 11.1 Å². The molecule has 0 radical (unpaired) electrons. The molecule has 3 N–H and O–H groups in total. The number of nitrogens with two attached hydrogens (primary N) is 1. The monoisotopic (exact) mass is 253 g/mol. The topological polar surface area (TPSA) is 76.3 Å². The number of anilines is 2. The molecule has 6 heteroatoms. The Bertz CT molecular complexity index is 358. The van der Waals surface area contributed by atoms with Gasteiger partial charge in [-0.15, -0.1) is 0 Å². The van der Waals surface area contributed by atoms with Gasteiger partial charge in [0.05, 0.1) is 6.61 Å². The molecular formula is C12H23N5O. The van der Waals surface area contributed by atoms with Gasteiger partial charge in [0.1, 0.15) is 17.5 Å². The minimum Gasteiger partial charge on any atom is -0.384 e. The number of methoxy groups -OCH3 is 1. The number of nitrogens with one attached hydrogen (secondary N) is 1. The van der Waals surface area contributed by atoms with Gasteiger partial charge in [-0.05, 0) is 7.05 Å². The molecule has 0 aliphatic rings. The first kappa shape index (κ1) is 14.7. The lowest BCUT2D eigenvalue weighted by Crippen LogP contribution is -2.28. The summed E-state index contributed by atoms with van der Waals surface area (Å²) < 4.78 is 5.02. The van der Waals surface area contributed by atoms with Crippen molar-refractivity contribution in [3.8, 4) is 0 Å². The third kappa shape index (κ3) is 5.29. The van der Waals surface area contributed by atoms with E-state index in [1.807, 2.05) is 6.92 Å². The van der Waals surface area contributed by atoms with E-state index in [0.717, 1.165) is 44.3 Å². The van der Waals surface area contributed by atoms with E-state index in [9.17, 15) is 0 Å². The van der Waals surface area contributed by atoms with Crippen LogP contribution >= 0.6 is 0 Å². The molecule has 0 saturated heterocycles. The molecule has 0 amide bonds. The summed E-state index contributed by atoms with van der Waals surface area (Å²) in [7, 11) is 3.77. The molecule has 18 heavy (non-hydrogen) atoms. The smallest absolute Gasteiger partial charge is 0.132 e. The van der Waals surface area contributed by atoms with Crippen molar-refractivity contribution in [2.24, 2.45) is 0 Å². The minimum absolute atomic E-state index is 0.511. The minimum atomic E-state index is 0.511. The van der Waals surface area contributed by atoms with Crippen molar-refractivity contribution >= 4 is 11.6 Å². The lowest BCUT2D eigenvalue weighted by molar-refractivity contribution is 0.163. The summed E-state index contributed by atoms with van der Waals surface area (Å²) in [5.74, 6) is 2.07. The Labute approximate surface area is 109 Å². The van der Waals surface area contributed by atoms with E-state index in [1.165, 1.54) is 0 Å². The zero-order chi connectivity index (χ0) is 13.4. The predicted octanol–water partition coefficient (Wildman–Crippen LogP) is 0.611. The normalized spacial score (nSPS) is 10.9. The number of hydrogen-bond acceptors (Lipinski definition) is 6. The maximum Gasteiger partial charge on any atom is 0.132 e. The van der Waals surface area contributed by atoms with Gasteiger partial charge in [0.2, 0.25) is 0 Å². The van der Waals surface area contributed by atoms with Crippen LogP contribution in [-0.4, -0.2) is 55.3 Å². The highest BCUT2D eigenvalue weighted by molar-refractivity contribution is 5.44. The molecule has 1 heterocycles. The van der Waals surface area contributed by atoms with Crippen LogP contribution in [-0.2, 0) is 11.2 Å². The molecule has 0 atom stereocenters. The molecule has 6 nitrogen and oxygen atoms in total. The highest BCUT2D eigenvalue weighted by atomic mass is 16.5. The van der Waals surface area contributed by atoms with Crippen molar-refractivity contribution in [2.75, 3.05) is 51.4 Å². The third-order valence-corrected chi connectivity index (χ3v) is 2.59. The zero-order valence-electron chi connectivity index (χ0n) is 11.4. The highest BCUT2D eigenvalue weighted by Gasteiger charge is 2.02. The van der Waals surface area contributed by atoms with Crippen molar-refractivity contribution in [3.63, 3.8) is 0 Å². The van der Waals surface area contributed by atoms with E-state index in [1.54, 1.807) is 13.2 Å². The van der Waals surface area contributed by atoms with Crippen LogP contribution in [0.1, 0.15) is 12.7 Å². The first-order valence-electron chi connectivity index (χ1n) is 6.20. The van der Waals surface area contributed by atoms with Crippen molar-refractivity contribution in [2.45, 2.75) is 13.3 Å². The second kappa shape index (κ2) is 7.84. The molecule has 0 saturated carbocycles. The van der Waals surface area contributed by atoms with Crippen LogP contribution in [0, 0.1) is 0 Å². The third-order valence-electron chi connectivity index (χ3n) is 2.59. The number of rotatable bonds is 8. The summed E-state index contributed by atoms with van der Waals surface area (Å²) in [5.41, 5.74) is 5.71. The van der Waals surface area contributed by atoms with E-state index in [0.29, 0.717) is 5.82 Å². The Morgan fingerprint density at radius 2 is 2.17 bits per heavy atom. The van der Waals surface area contributed by atoms with Crippen LogP contribution in [0.25, 0.3) is 0 Å². The molecule has 0 aromatic carbocycles. The van der Waals surface area contributed by atoms with Gasteiger partial charge < -0.3 is 20.7 Å². The molecule has 1 aromatic rings. The summed E-state index contributed by atoms with van der Waals surface area (Å²) >= 11 is 0. The van der Waals surface area contributed by atoms with Gasteiger partial charge in [-0.2, -0.15) is 0 Å². The van der Waals surface area contributed by atoms with Crippen LogP contribution in [0.15, 0.2) is 6.07 Å². The number of likely N-dealkylation sites (N-methyl/N-ethyl adjacent to an activating group) is 1. The molecule has 0 aliphatic heterocycles. The predicted molar refractivity (Wildman–Crippen MR) is 73.7 cm³/mol. The quantitative estimate of drug-likeness (QED) is 0.707. The molecule has 1 rings (SSSR count). The molecule has 0 unspecified atom stereocenters. The summed E-state index contributed by atoms with van der Waals surface area (Å²) in [6, 6.07) is 1.76. The SMILES string of the molecule is CCc1nc(N)cc(NCCN(C)CCOC)n1. The maximum absolute atomic E-state index is 5.71. The molecule has 1 aromatic heterocycles. The Morgan fingerprint density at radius 1 is 1.39 bits per heavy atom. The van der Waals surface area contributed by atoms with E-state index < -0.39 is 0 Å². The Kier molecular flexibility index (Phi) is 6.38. The molecule has 0 bridgehead atoms. The summed E-state index contributed by atoms with van der Waals surface area (Å²) in [6.07, 6.45) is 0.785. The first-order valence-corrected chi connectivity index (χ1v) is 6.20. The van der Waals surface area contributed by atoms with Crippen LogP contribution in [0.5, 0.6) is 0 Å². The Hall–Kier alpha value is -1.40. The lowest BCUT2D eigenvalue weighted by atomic mass is 10.4. The van der Waals surface area contributed by atoms with Crippen molar-refractivity contribution in [1.82, 2.24) is 14.9 Å². The highest BCUT2D eigenvalue weighted by Crippen LogP contribution is 2.08. The maximum atomic E-state index is 5.71. The van der Waals surface area contributed by atoms with Gasteiger partial charge in [-0.3, -0.25) is 0 Å². The van der Waals surface area contributed by atoms with Crippen molar-refractivity contribution < 1.29 is 4.74 Å². The number of nitrogens with zero attached hydrogens (tertiary/aromatic N) is 3. The van der Waals surface area contributed by atoms with Gasteiger partial charge in [-0.1, -0.05) is 6.92 Å². The van der Waals surface area contributed by atoms with E-state index >= 15 is 0 Å². The fourth-order valence-corrected chi connectivity index (χ4v) is 1.50. The average molecular weight is 253 g/mol. The number of aromatic nitrogens is 2. The second-order valence-corrected chi connectivity index (χ2v) is 4.17. The van der Waals surface area contributed by atoms with Crippen molar-refractivity contribution in [3.05, 3.63) is 11.9 Å². The van der Waals surface area contributed by atoms with E-state index in [4.69, 9.17) is 10.5 Å². The van der Waals surface area contributed by atoms with Crippen LogP contribution in [0.3, 0.4) is 0 Å². The number of hydrogen-bond donors (Lipinski definition) is 2. The number of ether oxygens (including phenoxy) is 1. The summed E-state index contributed by atoms with van der Waals surface area (Å²) in [4.78, 5) is 10.7. The van der Waals surface area contributed by atoms with E-state index in [-0.39, 0.29) is 0 Å². The van der Waals surface area contributed by atoms with Gasteiger partial charge in [0, 0.05) is 39.2 Å². The standard InChI is InChI=1S/C12H23N5O/c1-4-11-15-10(13)9-12(16-11)14-5-6-17(2)7-8-18-3/h9H,4-8H2,1-3H3,(H3,13,14,15,16). The molecule has 0 aliphatic carbocycles. The fourth-order valence-electron chi connectivity index (χ4n) is 1.50. The van der Waals surface area contributed by atoms with Gasteiger partial charge in [0.25, 0.3) is 0 Å². The summed E-state index contributed by atoms with van der Waals surface area (Å²) in [5, 5.41) is 3.25. The summed E-state index contributed by atoms with van der Waals surface area (Å²) in [6.45, 7) is 5.42. The van der Waals surface area contributed by atoms with Gasteiger partial charge in [-0.25, -0.2) is 9.97 Å². The Balaban J connectivity index is 2.36. The van der Waals surface area contributed by atoms with Crippen LogP contribution in [0.2, 0.25) is 0 Å².